The Hall–Kier alpha value is -2.24. The van der Waals surface area contributed by atoms with Gasteiger partial charge >= 0.3 is 12.1 Å². The molecule has 1 aromatic rings. The van der Waals surface area contributed by atoms with Crippen LogP contribution in [-0.2, 0) is 4.74 Å². The van der Waals surface area contributed by atoms with E-state index in [-0.39, 0.29) is 11.3 Å². The fourth-order valence-corrected chi connectivity index (χ4v) is 2.89. The molecule has 0 radical (unpaired) electrons. The number of phenols is 1. The van der Waals surface area contributed by atoms with Crippen LogP contribution in [0.3, 0.4) is 0 Å². The number of aromatic hydroxyl groups is 1. The quantitative estimate of drug-likeness (QED) is 0.274. The van der Waals surface area contributed by atoms with Gasteiger partial charge in [0.15, 0.2) is 5.75 Å². The molecule has 0 aliphatic heterocycles. The van der Waals surface area contributed by atoms with E-state index in [4.69, 9.17) is 9.84 Å². The number of carboxylic acid groups (broad SMARTS) is 1. The predicted molar refractivity (Wildman–Crippen MR) is 106 cm³/mol. The lowest BCUT2D eigenvalue weighted by atomic mass is 10.1. The standard InChI is InChI=1S/C21H33NO5/c1-2-3-4-5-6-7-8-9-10-11-12-16-27-21(26)22-18-15-13-14-17(19(18)23)20(24)25/h13-15,23H,2-12,16H2,1H3,(H,22,26)(H,24,25). The van der Waals surface area contributed by atoms with Crippen LogP contribution in [0.4, 0.5) is 10.5 Å². The molecule has 27 heavy (non-hydrogen) atoms. The van der Waals surface area contributed by atoms with Crippen LogP contribution in [0.1, 0.15) is 87.9 Å². The van der Waals surface area contributed by atoms with Crippen LogP contribution >= 0.6 is 0 Å². The fraction of sp³-hybridized carbons (Fsp3) is 0.619. The summed E-state index contributed by atoms with van der Waals surface area (Å²) in [6, 6.07) is 4.13. The third-order valence-electron chi connectivity index (χ3n) is 4.48. The average Bonchev–Trinajstić information content (AvgIpc) is 2.64. The molecule has 0 unspecified atom stereocenters. The fourth-order valence-electron chi connectivity index (χ4n) is 2.89. The highest BCUT2D eigenvalue weighted by Crippen LogP contribution is 2.27. The second kappa shape index (κ2) is 13.9. The van der Waals surface area contributed by atoms with Gasteiger partial charge in [0.1, 0.15) is 5.56 Å². The lowest BCUT2D eigenvalue weighted by Gasteiger charge is -2.09. The van der Waals surface area contributed by atoms with Crippen LogP contribution < -0.4 is 5.32 Å². The molecule has 0 fully saturated rings. The Kier molecular flexibility index (Phi) is 11.7. The number of benzene rings is 1. The average molecular weight is 379 g/mol. The van der Waals surface area contributed by atoms with Crippen LogP contribution in [-0.4, -0.2) is 28.9 Å². The van der Waals surface area contributed by atoms with Gasteiger partial charge in [-0.15, -0.1) is 0 Å². The number of anilines is 1. The Labute approximate surface area is 161 Å². The van der Waals surface area contributed by atoms with Crippen molar-refractivity contribution in [2.24, 2.45) is 0 Å². The summed E-state index contributed by atoms with van der Waals surface area (Å²) in [7, 11) is 0. The van der Waals surface area contributed by atoms with Crippen molar-refractivity contribution in [3.63, 3.8) is 0 Å². The van der Waals surface area contributed by atoms with E-state index in [0.717, 1.165) is 19.3 Å². The van der Waals surface area contributed by atoms with Gasteiger partial charge in [-0.1, -0.05) is 77.2 Å². The lowest BCUT2D eigenvalue weighted by Crippen LogP contribution is -2.15. The van der Waals surface area contributed by atoms with Crippen molar-refractivity contribution in [3.8, 4) is 5.75 Å². The second-order valence-electron chi connectivity index (χ2n) is 6.80. The van der Waals surface area contributed by atoms with Crippen molar-refractivity contribution in [1.29, 1.82) is 0 Å². The van der Waals surface area contributed by atoms with E-state index in [0.29, 0.717) is 6.61 Å². The highest BCUT2D eigenvalue weighted by atomic mass is 16.5. The number of hydrogen-bond donors (Lipinski definition) is 3. The number of rotatable bonds is 14. The SMILES string of the molecule is CCCCCCCCCCCCCOC(=O)Nc1cccc(C(=O)O)c1O. The van der Waals surface area contributed by atoms with E-state index in [1.807, 2.05) is 0 Å². The van der Waals surface area contributed by atoms with Gasteiger partial charge in [-0.25, -0.2) is 9.59 Å². The van der Waals surface area contributed by atoms with Gasteiger partial charge in [0, 0.05) is 0 Å². The van der Waals surface area contributed by atoms with Gasteiger partial charge in [-0.3, -0.25) is 5.32 Å². The first-order valence-corrected chi connectivity index (χ1v) is 10.0. The zero-order chi connectivity index (χ0) is 19.9. The normalized spacial score (nSPS) is 10.6. The van der Waals surface area contributed by atoms with E-state index in [1.54, 1.807) is 0 Å². The molecule has 0 saturated heterocycles. The van der Waals surface area contributed by atoms with Gasteiger partial charge < -0.3 is 14.9 Å². The maximum atomic E-state index is 11.7. The molecule has 1 rings (SSSR count). The van der Waals surface area contributed by atoms with Crippen LogP contribution in [0.25, 0.3) is 0 Å². The number of aromatic carboxylic acids is 1. The smallest absolute Gasteiger partial charge is 0.411 e. The molecular formula is C21H33NO5. The number of carbonyl (C=O) groups is 2. The highest BCUT2D eigenvalue weighted by Gasteiger charge is 2.14. The van der Waals surface area contributed by atoms with Gasteiger partial charge in [-0.2, -0.15) is 0 Å². The molecule has 1 aromatic carbocycles. The van der Waals surface area contributed by atoms with Gasteiger partial charge in [0.05, 0.1) is 12.3 Å². The molecule has 0 atom stereocenters. The number of unbranched alkanes of at least 4 members (excludes halogenated alkanes) is 10. The van der Waals surface area contributed by atoms with E-state index >= 15 is 0 Å². The van der Waals surface area contributed by atoms with E-state index in [9.17, 15) is 14.7 Å². The zero-order valence-electron chi connectivity index (χ0n) is 16.3. The molecule has 6 heteroatoms. The van der Waals surface area contributed by atoms with Crippen LogP contribution in [0, 0.1) is 0 Å². The molecule has 1 amide bonds. The van der Waals surface area contributed by atoms with Gasteiger partial charge in [-0.05, 0) is 18.6 Å². The van der Waals surface area contributed by atoms with Crippen molar-refractivity contribution in [2.75, 3.05) is 11.9 Å². The molecule has 0 heterocycles. The monoisotopic (exact) mass is 379 g/mol. The third kappa shape index (κ3) is 9.87. The third-order valence-corrected chi connectivity index (χ3v) is 4.48. The maximum absolute atomic E-state index is 11.7. The maximum Gasteiger partial charge on any atom is 0.411 e. The Morgan fingerprint density at radius 2 is 1.48 bits per heavy atom. The van der Waals surface area contributed by atoms with E-state index in [1.165, 1.54) is 69.6 Å². The predicted octanol–water partition coefficient (Wildman–Crippen LogP) is 5.95. The second-order valence-corrected chi connectivity index (χ2v) is 6.80. The summed E-state index contributed by atoms with van der Waals surface area (Å²) in [5.74, 6) is -1.73. The van der Waals surface area contributed by atoms with Gasteiger partial charge in [0.2, 0.25) is 0 Å². The number of hydrogen-bond acceptors (Lipinski definition) is 4. The Bertz CT molecular complexity index is 574. The number of carboxylic acids is 1. The number of nitrogens with one attached hydrogen (secondary N) is 1. The van der Waals surface area contributed by atoms with Crippen molar-refractivity contribution >= 4 is 17.7 Å². The highest BCUT2D eigenvalue weighted by molar-refractivity contribution is 5.96. The largest absolute Gasteiger partial charge is 0.505 e. The van der Waals surface area contributed by atoms with Crippen LogP contribution in [0.15, 0.2) is 18.2 Å². The molecule has 152 valence electrons. The minimum atomic E-state index is -1.26. The first-order valence-electron chi connectivity index (χ1n) is 10.0. The first kappa shape index (κ1) is 22.8. The molecule has 0 spiro atoms. The summed E-state index contributed by atoms with van der Waals surface area (Å²) in [6.45, 7) is 2.54. The number of carbonyl (C=O) groups excluding carboxylic acids is 1. The molecule has 6 nitrogen and oxygen atoms in total. The van der Waals surface area contributed by atoms with Crippen molar-refractivity contribution in [3.05, 3.63) is 23.8 Å². The summed E-state index contributed by atoms with van der Waals surface area (Å²) >= 11 is 0. The first-order chi connectivity index (χ1) is 13.1. The molecular weight excluding hydrogens is 346 g/mol. The minimum Gasteiger partial charge on any atom is -0.505 e. The van der Waals surface area contributed by atoms with Crippen molar-refractivity contribution < 1.29 is 24.5 Å². The summed E-state index contributed by atoms with van der Waals surface area (Å²) in [5, 5.41) is 21.1. The van der Waals surface area contributed by atoms with Gasteiger partial charge in [0.25, 0.3) is 0 Å². The molecule has 0 bridgehead atoms. The summed E-state index contributed by atoms with van der Waals surface area (Å²) in [5.41, 5.74) is -0.239. The lowest BCUT2D eigenvalue weighted by molar-refractivity contribution is 0.0693. The van der Waals surface area contributed by atoms with Crippen molar-refractivity contribution in [1.82, 2.24) is 0 Å². The molecule has 0 aliphatic carbocycles. The van der Waals surface area contributed by atoms with Crippen LogP contribution in [0.5, 0.6) is 5.75 Å². The number of amides is 1. The van der Waals surface area contributed by atoms with Crippen molar-refractivity contribution in [2.45, 2.75) is 77.6 Å². The zero-order valence-corrected chi connectivity index (χ0v) is 16.3. The summed E-state index contributed by atoms with van der Waals surface area (Å²) in [6.07, 6.45) is 12.7. The molecule has 3 N–H and O–H groups in total. The number of para-hydroxylation sites is 1. The molecule has 0 saturated carbocycles. The minimum absolute atomic E-state index is 0.0267. The van der Waals surface area contributed by atoms with E-state index < -0.39 is 17.8 Å². The number of ether oxygens (including phenoxy) is 1. The molecule has 0 aliphatic rings. The molecule has 0 aromatic heterocycles. The summed E-state index contributed by atoms with van der Waals surface area (Å²) < 4.78 is 5.08. The van der Waals surface area contributed by atoms with E-state index in [2.05, 4.69) is 12.2 Å². The summed E-state index contributed by atoms with van der Waals surface area (Å²) in [4.78, 5) is 22.7. The van der Waals surface area contributed by atoms with Crippen LogP contribution in [0.2, 0.25) is 0 Å². The Balaban J connectivity index is 2.07. The Morgan fingerprint density at radius 3 is 2.04 bits per heavy atom. The topological polar surface area (TPSA) is 95.9 Å². The Morgan fingerprint density at radius 1 is 0.926 bits per heavy atom.